The van der Waals surface area contributed by atoms with Crippen molar-refractivity contribution < 1.29 is 19.1 Å². The first kappa shape index (κ1) is 22.2. The van der Waals surface area contributed by atoms with E-state index < -0.39 is 11.9 Å². The highest BCUT2D eigenvalue weighted by molar-refractivity contribution is 7.15. The minimum absolute atomic E-state index is 0. The number of hydrogen-bond donors (Lipinski definition) is 3. The molecule has 1 aromatic rings. The zero-order valence-electron chi connectivity index (χ0n) is 13.7. The molecule has 1 rings (SSSR count). The van der Waals surface area contributed by atoms with Gasteiger partial charge in [0.25, 0.3) is 0 Å². The molecule has 1 heterocycles. The molecule has 2 amide bonds. The molecule has 0 aliphatic heterocycles. The van der Waals surface area contributed by atoms with Gasteiger partial charge in [0.1, 0.15) is 5.01 Å². The largest absolute Gasteiger partial charge is 0.469 e. The second-order valence-corrected chi connectivity index (χ2v) is 6.17. The fourth-order valence-corrected chi connectivity index (χ4v) is 2.22. The summed E-state index contributed by atoms with van der Waals surface area (Å²) < 4.78 is 4.53. The third-order valence-corrected chi connectivity index (χ3v) is 3.83. The maximum absolute atomic E-state index is 11.7. The molecule has 0 fully saturated rings. The van der Waals surface area contributed by atoms with Crippen LogP contribution >= 0.6 is 23.7 Å². The average molecular weight is 380 g/mol. The maximum Gasteiger partial charge on any atom is 0.305 e. The predicted molar refractivity (Wildman–Crippen MR) is 91.9 cm³/mol. The van der Waals surface area contributed by atoms with Crippen LogP contribution in [-0.2, 0) is 25.5 Å². The van der Waals surface area contributed by atoms with Crippen LogP contribution in [0, 0.1) is 5.92 Å². The van der Waals surface area contributed by atoms with Gasteiger partial charge in [-0.3, -0.25) is 19.7 Å². The fraction of sp³-hybridized carbons (Fsp3) is 0.615. The highest BCUT2D eigenvalue weighted by Gasteiger charge is 2.18. The van der Waals surface area contributed by atoms with Crippen molar-refractivity contribution in [2.75, 3.05) is 19.0 Å². The van der Waals surface area contributed by atoms with Crippen molar-refractivity contribution in [2.45, 2.75) is 32.7 Å². The molecule has 0 aliphatic carbocycles. The second kappa shape index (κ2) is 10.9. The first-order chi connectivity index (χ1) is 10.8. The molecule has 0 bridgehead atoms. The summed E-state index contributed by atoms with van der Waals surface area (Å²) in [6, 6.07) is -0.658. The third-order valence-electron chi connectivity index (χ3n) is 2.93. The number of nitrogens with one attached hydrogen (secondary N) is 2. The first-order valence-electron chi connectivity index (χ1n) is 7.05. The molecule has 1 atom stereocenters. The quantitative estimate of drug-likeness (QED) is 0.545. The average Bonchev–Trinajstić information content (AvgIpc) is 2.96. The Morgan fingerprint density at radius 2 is 1.96 bits per heavy atom. The van der Waals surface area contributed by atoms with Crippen molar-refractivity contribution in [1.29, 1.82) is 0 Å². The first-order valence-corrected chi connectivity index (χ1v) is 7.87. The lowest BCUT2D eigenvalue weighted by atomic mass is 10.1. The number of hydrogen-bond acceptors (Lipinski definition) is 8. The van der Waals surface area contributed by atoms with Crippen molar-refractivity contribution in [3.05, 3.63) is 5.01 Å². The number of methoxy groups -OCH3 is 1. The van der Waals surface area contributed by atoms with Gasteiger partial charge in [0, 0.05) is 6.42 Å². The minimum atomic E-state index is -0.658. The molecule has 4 N–H and O–H groups in total. The van der Waals surface area contributed by atoms with Gasteiger partial charge in [0.2, 0.25) is 16.9 Å². The van der Waals surface area contributed by atoms with Gasteiger partial charge in [-0.2, -0.15) is 0 Å². The SMILES string of the molecule is COC(=O)CCc1nnc(NC(=O)CNC(=O)[C@@H](N)C(C)C)s1.Cl. The summed E-state index contributed by atoms with van der Waals surface area (Å²) in [5.41, 5.74) is 5.67. The Balaban J connectivity index is 0.00000529. The van der Waals surface area contributed by atoms with E-state index in [9.17, 15) is 14.4 Å². The Hall–Kier alpha value is -1.78. The van der Waals surface area contributed by atoms with Gasteiger partial charge in [-0.25, -0.2) is 0 Å². The van der Waals surface area contributed by atoms with Gasteiger partial charge in [-0.1, -0.05) is 25.2 Å². The van der Waals surface area contributed by atoms with Crippen LogP contribution in [0.3, 0.4) is 0 Å². The molecule has 11 heteroatoms. The van der Waals surface area contributed by atoms with Gasteiger partial charge < -0.3 is 15.8 Å². The van der Waals surface area contributed by atoms with Crippen LogP contribution in [0.1, 0.15) is 25.3 Å². The van der Waals surface area contributed by atoms with Gasteiger partial charge >= 0.3 is 5.97 Å². The van der Waals surface area contributed by atoms with E-state index in [2.05, 4.69) is 25.6 Å². The Labute approximate surface area is 150 Å². The number of aromatic nitrogens is 2. The highest BCUT2D eigenvalue weighted by Crippen LogP contribution is 2.16. The van der Waals surface area contributed by atoms with Gasteiger partial charge in [0.15, 0.2) is 0 Å². The lowest BCUT2D eigenvalue weighted by Crippen LogP contribution is -2.46. The normalized spacial score (nSPS) is 11.4. The smallest absolute Gasteiger partial charge is 0.305 e. The zero-order valence-corrected chi connectivity index (χ0v) is 15.3. The van der Waals surface area contributed by atoms with Crippen LogP contribution in [-0.4, -0.2) is 47.7 Å². The number of carbonyl (C=O) groups excluding carboxylic acids is 3. The molecule has 9 nitrogen and oxygen atoms in total. The maximum atomic E-state index is 11.7. The number of anilines is 1. The molecular formula is C13H22ClN5O4S. The summed E-state index contributed by atoms with van der Waals surface area (Å²) in [4.78, 5) is 34.4. The van der Waals surface area contributed by atoms with Crippen molar-refractivity contribution in [3.8, 4) is 0 Å². The minimum Gasteiger partial charge on any atom is -0.469 e. The van der Waals surface area contributed by atoms with Crippen LogP contribution < -0.4 is 16.4 Å². The van der Waals surface area contributed by atoms with E-state index >= 15 is 0 Å². The van der Waals surface area contributed by atoms with Gasteiger partial charge in [0.05, 0.1) is 26.1 Å². The van der Waals surface area contributed by atoms with E-state index in [4.69, 9.17) is 5.73 Å². The topological polar surface area (TPSA) is 136 Å². The van der Waals surface area contributed by atoms with E-state index in [-0.39, 0.29) is 43.2 Å². The lowest BCUT2D eigenvalue weighted by Gasteiger charge is -2.14. The molecule has 0 radical (unpaired) electrons. The van der Waals surface area contributed by atoms with E-state index in [1.165, 1.54) is 7.11 Å². The van der Waals surface area contributed by atoms with Crippen LogP contribution in [0.5, 0.6) is 0 Å². The third kappa shape index (κ3) is 7.66. The predicted octanol–water partition coefficient (Wildman–Crippen LogP) is 0.104. The molecular weight excluding hydrogens is 358 g/mol. The summed E-state index contributed by atoms with van der Waals surface area (Å²) in [6.45, 7) is 3.44. The number of nitrogens with two attached hydrogens (primary N) is 1. The Morgan fingerprint density at radius 1 is 1.29 bits per heavy atom. The summed E-state index contributed by atoms with van der Waals surface area (Å²) in [7, 11) is 1.31. The second-order valence-electron chi connectivity index (χ2n) is 5.11. The lowest BCUT2D eigenvalue weighted by molar-refractivity contribution is -0.140. The molecule has 0 unspecified atom stereocenters. The van der Waals surface area contributed by atoms with Crippen LogP contribution in [0.25, 0.3) is 0 Å². The Bertz CT molecular complexity index is 566. The standard InChI is InChI=1S/C13H21N5O4S.ClH/c1-7(2)11(14)12(21)15-6-8(19)16-13-18-17-9(23-13)4-5-10(20)22-3;/h7,11H,4-6,14H2,1-3H3,(H,15,21)(H,16,18,19);1H/t11-;/m0./s1. The molecule has 24 heavy (non-hydrogen) atoms. The monoisotopic (exact) mass is 379 g/mol. The van der Waals surface area contributed by atoms with Gasteiger partial charge in [-0.05, 0) is 5.92 Å². The number of halogens is 1. The number of aryl methyl sites for hydroxylation is 1. The number of esters is 1. The van der Waals surface area contributed by atoms with E-state index in [0.717, 1.165) is 11.3 Å². The van der Waals surface area contributed by atoms with E-state index in [1.807, 2.05) is 13.8 Å². The zero-order chi connectivity index (χ0) is 17.4. The number of carbonyl (C=O) groups is 3. The Kier molecular flexibility index (Phi) is 10.1. The summed E-state index contributed by atoms with van der Waals surface area (Å²) in [6.07, 6.45) is 0.586. The summed E-state index contributed by atoms with van der Waals surface area (Å²) >= 11 is 1.16. The highest BCUT2D eigenvalue weighted by atomic mass is 35.5. The number of nitrogens with zero attached hydrogens (tertiary/aromatic N) is 2. The number of rotatable bonds is 8. The summed E-state index contributed by atoms with van der Waals surface area (Å²) in [5, 5.41) is 13.5. The molecule has 0 aromatic carbocycles. The molecule has 1 aromatic heterocycles. The van der Waals surface area contributed by atoms with Crippen molar-refractivity contribution in [3.63, 3.8) is 0 Å². The number of ether oxygens (including phenoxy) is 1. The molecule has 0 aliphatic rings. The molecule has 0 saturated carbocycles. The van der Waals surface area contributed by atoms with Gasteiger partial charge in [-0.15, -0.1) is 22.6 Å². The van der Waals surface area contributed by atoms with Crippen molar-refractivity contribution in [1.82, 2.24) is 15.5 Å². The Morgan fingerprint density at radius 3 is 2.54 bits per heavy atom. The molecule has 136 valence electrons. The van der Waals surface area contributed by atoms with Crippen LogP contribution in [0.2, 0.25) is 0 Å². The molecule has 0 saturated heterocycles. The summed E-state index contributed by atoms with van der Waals surface area (Å²) in [5.74, 6) is -1.16. The molecule has 0 spiro atoms. The van der Waals surface area contributed by atoms with Crippen LogP contribution in [0.15, 0.2) is 0 Å². The van der Waals surface area contributed by atoms with Crippen LogP contribution in [0.4, 0.5) is 5.13 Å². The van der Waals surface area contributed by atoms with E-state index in [0.29, 0.717) is 16.6 Å². The van der Waals surface area contributed by atoms with Crippen molar-refractivity contribution in [2.24, 2.45) is 11.7 Å². The van der Waals surface area contributed by atoms with Crippen molar-refractivity contribution >= 4 is 46.7 Å². The number of amides is 2. The van der Waals surface area contributed by atoms with E-state index in [1.54, 1.807) is 0 Å². The fourth-order valence-electron chi connectivity index (χ4n) is 1.47.